The molecule has 1 atom stereocenters. The van der Waals surface area contributed by atoms with Crippen LogP contribution >= 0.6 is 12.0 Å². The molecule has 4 rings (SSSR count). The summed E-state index contributed by atoms with van der Waals surface area (Å²) in [4.78, 5) is 20.5. The zero-order valence-electron chi connectivity index (χ0n) is 18.7. The zero-order chi connectivity index (χ0) is 23.2. The van der Waals surface area contributed by atoms with Crippen LogP contribution in [0.25, 0.3) is 5.65 Å². The Hall–Kier alpha value is -2.82. The van der Waals surface area contributed by atoms with Crippen molar-refractivity contribution in [1.29, 1.82) is 0 Å². The van der Waals surface area contributed by atoms with E-state index in [-0.39, 0.29) is 25.1 Å². The summed E-state index contributed by atoms with van der Waals surface area (Å²) >= 11 is 0.666. The van der Waals surface area contributed by atoms with Crippen molar-refractivity contribution < 1.29 is 14.5 Å². The quantitative estimate of drug-likeness (QED) is 0.350. The molecule has 3 aromatic rings. The molecule has 10 heteroatoms. The van der Waals surface area contributed by atoms with E-state index in [0.717, 1.165) is 49.3 Å². The summed E-state index contributed by atoms with van der Waals surface area (Å²) < 4.78 is 10.8. The second-order valence-corrected chi connectivity index (χ2v) is 8.79. The fraction of sp³-hybridized carbons (Fsp3) is 0.435. The van der Waals surface area contributed by atoms with Crippen LogP contribution in [0.3, 0.4) is 0 Å². The lowest BCUT2D eigenvalue weighted by molar-refractivity contribution is -0.114. The smallest absolute Gasteiger partial charge is 0.243 e. The molecule has 176 valence electrons. The topological polar surface area (TPSA) is 115 Å². The summed E-state index contributed by atoms with van der Waals surface area (Å²) in [5, 5.41) is 20.1. The summed E-state index contributed by atoms with van der Waals surface area (Å²) in [6.45, 7) is 3.18. The fourth-order valence-corrected chi connectivity index (χ4v) is 4.50. The van der Waals surface area contributed by atoms with Crippen molar-refractivity contribution in [2.24, 2.45) is 0 Å². The first-order valence-electron chi connectivity index (χ1n) is 11.3. The van der Waals surface area contributed by atoms with E-state index in [1.54, 1.807) is 28.8 Å². The van der Waals surface area contributed by atoms with E-state index in [0.29, 0.717) is 34.9 Å². The molecule has 1 aliphatic rings. The van der Waals surface area contributed by atoms with Crippen molar-refractivity contribution in [3.63, 3.8) is 0 Å². The van der Waals surface area contributed by atoms with Gasteiger partial charge in [-0.3, -0.25) is 4.79 Å². The fourth-order valence-electron chi connectivity index (χ4n) is 4.24. The predicted octanol–water partition coefficient (Wildman–Crippen LogP) is 3.65. The number of aryl methyl sites for hydroxylation is 1. The Morgan fingerprint density at radius 3 is 2.82 bits per heavy atom. The van der Waals surface area contributed by atoms with Crippen molar-refractivity contribution in [1.82, 2.24) is 14.6 Å². The molecule has 1 unspecified atom stereocenters. The summed E-state index contributed by atoms with van der Waals surface area (Å²) in [6.07, 6.45) is 6.62. The van der Waals surface area contributed by atoms with Crippen LogP contribution < -0.4 is 15.5 Å². The maximum atomic E-state index is 12.5. The number of fused-ring (bicyclic) bond motifs is 1. The van der Waals surface area contributed by atoms with Gasteiger partial charge in [-0.2, -0.15) is 9.61 Å². The number of aliphatic hydroxyl groups excluding tert-OH is 1. The third-order valence-electron chi connectivity index (χ3n) is 5.97. The monoisotopic (exact) mass is 470 g/mol. The van der Waals surface area contributed by atoms with E-state index in [1.165, 1.54) is 0 Å². The summed E-state index contributed by atoms with van der Waals surface area (Å²) in [7, 11) is 0. The molecule has 1 fully saturated rings. The van der Waals surface area contributed by atoms with Gasteiger partial charge in [-0.05, 0) is 56.4 Å². The van der Waals surface area contributed by atoms with Crippen LogP contribution in [-0.4, -0.2) is 55.9 Å². The predicted molar refractivity (Wildman–Crippen MR) is 131 cm³/mol. The molecule has 1 aliphatic heterocycles. The average Bonchev–Trinajstić information content (AvgIpc) is 3.27. The lowest BCUT2D eigenvalue weighted by Crippen LogP contribution is -2.40. The van der Waals surface area contributed by atoms with E-state index >= 15 is 0 Å². The average molecular weight is 471 g/mol. The summed E-state index contributed by atoms with van der Waals surface area (Å²) in [5.74, 6) is 1.35. The maximum Gasteiger partial charge on any atom is 0.243 e. The Kier molecular flexibility index (Phi) is 7.69. The Labute approximate surface area is 197 Å². The molecule has 1 aromatic carbocycles. The lowest BCUT2D eigenvalue weighted by Gasteiger charge is -2.36. The molecule has 0 radical (unpaired) electrons. The number of piperidine rings is 1. The molecule has 4 N–H and O–H groups in total. The minimum absolute atomic E-state index is 0.0659. The lowest BCUT2D eigenvalue weighted by atomic mass is 9.99. The molecule has 1 amide bonds. The van der Waals surface area contributed by atoms with Crippen molar-refractivity contribution in [2.45, 2.75) is 50.0 Å². The second-order valence-electron chi connectivity index (χ2n) is 8.13. The first-order chi connectivity index (χ1) is 16.1. The molecule has 0 bridgehead atoms. The number of hydrogen-bond acceptors (Lipinski definition) is 8. The molecule has 3 heterocycles. The molecule has 9 nitrogen and oxygen atoms in total. The number of nitrogens with zero attached hydrogens (tertiary/aromatic N) is 4. The van der Waals surface area contributed by atoms with Gasteiger partial charge in [0.25, 0.3) is 0 Å². The normalized spacial score (nSPS) is 16.2. The SMILES string of the molecule is CCc1cnn2c(NCC(=O)Nc3ccc(SO)cc3)cc(N3CCCCC3CCO)nc12. The first-order valence-corrected chi connectivity index (χ1v) is 12.1. The van der Waals surface area contributed by atoms with Crippen molar-refractivity contribution in [3.05, 3.63) is 42.1 Å². The molecule has 2 aromatic heterocycles. The van der Waals surface area contributed by atoms with Gasteiger partial charge in [-0.1, -0.05) is 6.92 Å². The third-order valence-corrected chi connectivity index (χ3v) is 6.45. The second kappa shape index (κ2) is 10.9. The maximum absolute atomic E-state index is 12.5. The van der Waals surface area contributed by atoms with Crippen LogP contribution in [0.4, 0.5) is 17.3 Å². The van der Waals surface area contributed by atoms with Gasteiger partial charge in [-0.25, -0.2) is 4.98 Å². The van der Waals surface area contributed by atoms with E-state index < -0.39 is 0 Å². The van der Waals surface area contributed by atoms with Gasteiger partial charge in [0.1, 0.15) is 11.6 Å². The van der Waals surface area contributed by atoms with E-state index in [1.807, 2.05) is 12.3 Å². The van der Waals surface area contributed by atoms with Gasteiger partial charge in [0.05, 0.1) is 12.7 Å². The molecule has 33 heavy (non-hydrogen) atoms. The number of hydrogen-bond donors (Lipinski definition) is 4. The van der Waals surface area contributed by atoms with Gasteiger partial charge in [0.2, 0.25) is 5.91 Å². The molecule has 0 aliphatic carbocycles. The largest absolute Gasteiger partial charge is 0.396 e. The van der Waals surface area contributed by atoms with Crippen molar-refractivity contribution in [3.8, 4) is 0 Å². The third kappa shape index (κ3) is 5.40. The highest BCUT2D eigenvalue weighted by Gasteiger charge is 2.25. The summed E-state index contributed by atoms with van der Waals surface area (Å²) in [6, 6.07) is 9.17. The molecular weight excluding hydrogens is 440 g/mol. The molecule has 0 saturated carbocycles. The van der Waals surface area contributed by atoms with Crippen LogP contribution in [0.5, 0.6) is 0 Å². The number of carbonyl (C=O) groups excluding carboxylic acids is 1. The number of carbonyl (C=O) groups is 1. The van der Waals surface area contributed by atoms with Gasteiger partial charge in [-0.15, -0.1) is 0 Å². The Morgan fingerprint density at radius 2 is 2.09 bits per heavy atom. The first kappa shape index (κ1) is 23.3. The number of amides is 1. The number of rotatable bonds is 9. The van der Waals surface area contributed by atoms with E-state index in [2.05, 4.69) is 27.6 Å². The number of benzene rings is 1. The minimum Gasteiger partial charge on any atom is -0.396 e. The molecule has 1 saturated heterocycles. The Balaban J connectivity index is 1.55. The van der Waals surface area contributed by atoms with E-state index in [9.17, 15) is 9.90 Å². The van der Waals surface area contributed by atoms with Crippen LogP contribution in [0, 0.1) is 0 Å². The Bertz CT molecular complexity index is 1090. The molecule has 0 spiro atoms. The zero-order valence-corrected chi connectivity index (χ0v) is 19.5. The van der Waals surface area contributed by atoms with Crippen LogP contribution in [0.2, 0.25) is 0 Å². The number of aromatic nitrogens is 3. The number of anilines is 3. The minimum atomic E-state index is -0.190. The van der Waals surface area contributed by atoms with Crippen molar-refractivity contribution in [2.75, 3.05) is 35.2 Å². The van der Waals surface area contributed by atoms with E-state index in [4.69, 9.17) is 9.54 Å². The van der Waals surface area contributed by atoms with Gasteiger partial charge in [0.15, 0.2) is 5.65 Å². The van der Waals surface area contributed by atoms with Crippen LogP contribution in [0.1, 0.15) is 38.2 Å². The Morgan fingerprint density at radius 1 is 1.27 bits per heavy atom. The summed E-state index contributed by atoms with van der Waals surface area (Å²) in [5.41, 5.74) is 2.48. The number of aliphatic hydroxyl groups is 1. The van der Waals surface area contributed by atoms with Crippen LogP contribution in [0.15, 0.2) is 41.4 Å². The standard InChI is InChI=1S/C23H30N6O3S/c1-2-16-14-25-29-20(24-15-22(31)26-17-6-8-19(33-32)9-7-17)13-21(27-23(16)29)28-11-4-3-5-18(28)10-12-30/h6-9,13-14,18,24,30,32H,2-5,10-12,15H2,1H3,(H,26,31). The van der Waals surface area contributed by atoms with Gasteiger partial charge < -0.3 is 25.2 Å². The van der Waals surface area contributed by atoms with Gasteiger partial charge in [0, 0.05) is 53.4 Å². The highest BCUT2D eigenvalue weighted by Crippen LogP contribution is 2.28. The van der Waals surface area contributed by atoms with Crippen LogP contribution in [-0.2, 0) is 11.2 Å². The number of nitrogens with one attached hydrogen (secondary N) is 2. The highest BCUT2D eigenvalue weighted by molar-refractivity contribution is 7.93. The molecular formula is C23H30N6O3S. The van der Waals surface area contributed by atoms with Gasteiger partial charge >= 0.3 is 0 Å². The highest BCUT2D eigenvalue weighted by atomic mass is 32.2. The van der Waals surface area contributed by atoms with Crippen molar-refractivity contribution >= 4 is 40.9 Å².